The molecule has 2 atom stereocenters. The maximum Gasteiger partial charge on any atom is 0.0329 e. The highest BCUT2D eigenvalue weighted by Crippen LogP contribution is 2.27. The molecule has 0 fully saturated rings. The van der Waals surface area contributed by atoms with Crippen LogP contribution in [-0.2, 0) is 6.42 Å². The molecule has 2 unspecified atom stereocenters. The maximum absolute atomic E-state index is 3.75. The van der Waals surface area contributed by atoms with Crippen LogP contribution in [0.5, 0.6) is 0 Å². The summed E-state index contributed by atoms with van der Waals surface area (Å²) in [6, 6.07) is 2.73. The first kappa shape index (κ1) is 17.2. The van der Waals surface area contributed by atoms with Crippen molar-refractivity contribution in [1.29, 1.82) is 0 Å². The fourth-order valence-electron chi connectivity index (χ4n) is 2.37. The zero-order valence-corrected chi connectivity index (χ0v) is 15.2. The molecule has 1 aromatic heterocycles. The second-order valence-electron chi connectivity index (χ2n) is 5.55. The highest BCUT2D eigenvalue weighted by atomic mass is 79.9. The highest BCUT2D eigenvalue weighted by molar-refractivity contribution is 9.10. The van der Waals surface area contributed by atoms with Gasteiger partial charge in [0.25, 0.3) is 0 Å². The summed E-state index contributed by atoms with van der Waals surface area (Å²) in [5.74, 6) is 0. The molecule has 0 spiro atoms. The summed E-state index contributed by atoms with van der Waals surface area (Å²) in [7, 11) is 4.38. The average Bonchev–Trinajstić information content (AvgIpc) is 2.78. The van der Waals surface area contributed by atoms with Gasteiger partial charge in [-0.1, -0.05) is 13.8 Å². The van der Waals surface area contributed by atoms with E-state index in [1.807, 2.05) is 11.3 Å². The molecule has 2 nitrogen and oxygen atoms in total. The Bertz CT molecular complexity index is 378. The zero-order chi connectivity index (χ0) is 14.5. The third kappa shape index (κ3) is 4.55. The largest absolute Gasteiger partial charge is 0.312 e. The molecule has 0 aliphatic heterocycles. The molecule has 1 rings (SSSR count). The number of hydrogen-bond acceptors (Lipinski definition) is 3. The lowest BCUT2D eigenvalue weighted by Gasteiger charge is -2.43. The molecule has 19 heavy (non-hydrogen) atoms. The number of hydrogen-bond donors (Lipinski definition) is 1. The molecule has 0 saturated carbocycles. The average molecular weight is 347 g/mol. The molecule has 1 heterocycles. The van der Waals surface area contributed by atoms with E-state index in [1.54, 1.807) is 0 Å². The summed E-state index contributed by atoms with van der Waals surface area (Å²) < 4.78 is 1.20. The Morgan fingerprint density at radius 2 is 2.11 bits per heavy atom. The molecule has 0 amide bonds. The summed E-state index contributed by atoms with van der Waals surface area (Å²) in [5, 5.41) is 5.92. The zero-order valence-electron chi connectivity index (χ0n) is 12.8. The smallest absolute Gasteiger partial charge is 0.0329 e. The second-order valence-corrected chi connectivity index (χ2v) is 7.46. The molecule has 0 radical (unpaired) electrons. The summed E-state index contributed by atoms with van der Waals surface area (Å²) in [6.45, 7) is 7.96. The van der Waals surface area contributed by atoms with Crippen LogP contribution < -0.4 is 5.32 Å². The van der Waals surface area contributed by atoms with Crippen LogP contribution in [-0.4, -0.2) is 37.1 Å². The van der Waals surface area contributed by atoms with Crippen LogP contribution >= 0.6 is 27.3 Å². The van der Waals surface area contributed by atoms with Crippen LogP contribution in [0.3, 0.4) is 0 Å². The number of nitrogens with one attached hydrogen (secondary N) is 1. The van der Waals surface area contributed by atoms with Crippen molar-refractivity contribution in [1.82, 2.24) is 10.2 Å². The van der Waals surface area contributed by atoms with Crippen molar-refractivity contribution < 1.29 is 0 Å². The summed E-state index contributed by atoms with van der Waals surface area (Å²) >= 11 is 5.40. The predicted octanol–water partition coefficient (Wildman–Crippen LogP) is 4.15. The molecule has 110 valence electrons. The molecule has 0 aromatic carbocycles. The van der Waals surface area contributed by atoms with Crippen molar-refractivity contribution in [2.24, 2.45) is 0 Å². The van der Waals surface area contributed by atoms with E-state index in [2.05, 4.69) is 72.5 Å². The minimum atomic E-state index is 0.186. The quantitative estimate of drug-likeness (QED) is 0.760. The third-order valence-electron chi connectivity index (χ3n) is 4.16. The van der Waals surface area contributed by atoms with Gasteiger partial charge in [-0.25, -0.2) is 0 Å². The SMILES string of the molecule is CCCNC(Cc1cc(Br)cs1)C(C)(CC)N(C)C. The van der Waals surface area contributed by atoms with Gasteiger partial charge in [0, 0.05) is 26.3 Å². The van der Waals surface area contributed by atoms with Gasteiger partial charge in [-0.2, -0.15) is 0 Å². The number of nitrogens with zero attached hydrogens (tertiary/aromatic N) is 1. The van der Waals surface area contributed by atoms with Gasteiger partial charge < -0.3 is 10.2 Å². The van der Waals surface area contributed by atoms with Gasteiger partial charge in [0.1, 0.15) is 0 Å². The van der Waals surface area contributed by atoms with E-state index in [0.717, 1.165) is 19.4 Å². The van der Waals surface area contributed by atoms with Gasteiger partial charge in [0.15, 0.2) is 0 Å². The molecule has 1 N–H and O–H groups in total. The van der Waals surface area contributed by atoms with E-state index in [-0.39, 0.29) is 5.54 Å². The van der Waals surface area contributed by atoms with Crippen molar-refractivity contribution in [2.75, 3.05) is 20.6 Å². The van der Waals surface area contributed by atoms with Crippen LogP contribution in [0.4, 0.5) is 0 Å². The van der Waals surface area contributed by atoms with Crippen LogP contribution in [0.1, 0.15) is 38.5 Å². The molecule has 0 saturated heterocycles. The number of halogens is 1. The molecule has 0 aliphatic carbocycles. The van der Waals surface area contributed by atoms with Crippen molar-refractivity contribution in [2.45, 2.75) is 51.6 Å². The van der Waals surface area contributed by atoms with E-state index < -0.39 is 0 Å². The third-order valence-corrected chi connectivity index (χ3v) is 5.88. The van der Waals surface area contributed by atoms with Crippen molar-refractivity contribution >= 4 is 27.3 Å². The fourth-order valence-corrected chi connectivity index (χ4v) is 3.86. The Balaban J connectivity index is 2.86. The fraction of sp³-hybridized carbons (Fsp3) is 0.733. The summed E-state index contributed by atoms with van der Waals surface area (Å²) in [5.41, 5.74) is 0.186. The lowest BCUT2D eigenvalue weighted by Crippen LogP contribution is -2.57. The summed E-state index contributed by atoms with van der Waals surface area (Å²) in [4.78, 5) is 3.81. The van der Waals surface area contributed by atoms with Crippen LogP contribution in [0.2, 0.25) is 0 Å². The molecular weight excluding hydrogens is 320 g/mol. The lowest BCUT2D eigenvalue weighted by atomic mass is 9.85. The predicted molar refractivity (Wildman–Crippen MR) is 90.2 cm³/mol. The molecule has 1 aromatic rings. The van der Waals surface area contributed by atoms with E-state index in [4.69, 9.17) is 0 Å². The van der Waals surface area contributed by atoms with Crippen molar-refractivity contribution in [3.8, 4) is 0 Å². The van der Waals surface area contributed by atoms with Gasteiger partial charge in [-0.05, 0) is 68.8 Å². The minimum absolute atomic E-state index is 0.186. The Hall–Kier alpha value is 0.1000. The van der Waals surface area contributed by atoms with E-state index in [0.29, 0.717) is 6.04 Å². The van der Waals surface area contributed by atoms with Gasteiger partial charge in [-0.3, -0.25) is 0 Å². The highest BCUT2D eigenvalue weighted by Gasteiger charge is 2.34. The van der Waals surface area contributed by atoms with Crippen LogP contribution in [0, 0.1) is 0 Å². The minimum Gasteiger partial charge on any atom is -0.312 e. The second kappa shape index (κ2) is 7.77. The molecule has 0 aliphatic rings. The first-order valence-electron chi connectivity index (χ1n) is 7.07. The van der Waals surface area contributed by atoms with E-state index >= 15 is 0 Å². The first-order valence-corrected chi connectivity index (χ1v) is 8.75. The Kier molecular flexibility index (Phi) is 7.01. The van der Waals surface area contributed by atoms with Crippen molar-refractivity contribution in [3.05, 3.63) is 20.8 Å². The molecular formula is C15H27BrN2S. The molecule has 4 heteroatoms. The van der Waals surface area contributed by atoms with E-state index in [1.165, 1.54) is 15.8 Å². The standard InChI is InChI=1S/C15H27BrN2S/c1-6-8-17-14(15(3,7-2)18(4)5)10-13-9-12(16)11-19-13/h9,11,14,17H,6-8,10H2,1-5H3. The Morgan fingerprint density at radius 3 is 2.53 bits per heavy atom. The normalized spacial score (nSPS) is 16.6. The Labute approximate surface area is 130 Å². The Morgan fingerprint density at radius 1 is 1.42 bits per heavy atom. The summed E-state index contributed by atoms with van der Waals surface area (Å²) in [6.07, 6.45) is 3.42. The van der Waals surface area contributed by atoms with Crippen LogP contribution in [0.15, 0.2) is 15.9 Å². The number of thiophene rings is 1. The lowest BCUT2D eigenvalue weighted by molar-refractivity contribution is 0.113. The first-order chi connectivity index (χ1) is 8.93. The molecule has 0 bridgehead atoms. The monoisotopic (exact) mass is 346 g/mol. The van der Waals surface area contributed by atoms with Crippen LogP contribution in [0.25, 0.3) is 0 Å². The van der Waals surface area contributed by atoms with Gasteiger partial charge in [0.2, 0.25) is 0 Å². The van der Waals surface area contributed by atoms with E-state index in [9.17, 15) is 0 Å². The van der Waals surface area contributed by atoms with Gasteiger partial charge >= 0.3 is 0 Å². The van der Waals surface area contributed by atoms with Crippen molar-refractivity contribution in [3.63, 3.8) is 0 Å². The van der Waals surface area contributed by atoms with Gasteiger partial charge in [0.05, 0.1) is 0 Å². The maximum atomic E-state index is 3.75. The number of likely N-dealkylation sites (N-methyl/N-ethyl adjacent to an activating group) is 1. The number of rotatable bonds is 8. The van der Waals surface area contributed by atoms with Gasteiger partial charge in [-0.15, -0.1) is 11.3 Å². The topological polar surface area (TPSA) is 15.3 Å².